The zero-order chi connectivity index (χ0) is 11.4. The van der Waals surface area contributed by atoms with Gasteiger partial charge in [0.25, 0.3) is 0 Å². The van der Waals surface area contributed by atoms with Crippen molar-refractivity contribution >= 4 is 11.6 Å². The summed E-state index contributed by atoms with van der Waals surface area (Å²) in [5.41, 5.74) is 0.961. The normalized spacial score (nSPS) is 15.6. The highest BCUT2D eigenvalue weighted by atomic mass is 16.6. The third-order valence-electron chi connectivity index (χ3n) is 2.13. The van der Waals surface area contributed by atoms with E-state index >= 15 is 0 Å². The van der Waals surface area contributed by atoms with Crippen LogP contribution in [0.1, 0.15) is 5.56 Å². The van der Waals surface area contributed by atoms with E-state index in [-0.39, 0.29) is 5.75 Å². The van der Waals surface area contributed by atoms with Crippen molar-refractivity contribution in [1.82, 2.24) is 0 Å². The summed E-state index contributed by atoms with van der Waals surface area (Å²) in [5.74, 6) is 0.528. The van der Waals surface area contributed by atoms with Crippen molar-refractivity contribution in [3.05, 3.63) is 29.8 Å². The molecular weight excluding hydrogens is 208 g/mol. The number of ether oxygens (including phenoxy) is 1. The fraction of sp³-hybridized carbons (Fsp3) is 0.273. The maximum absolute atomic E-state index is 9.72. The van der Waals surface area contributed by atoms with Gasteiger partial charge in [0.15, 0.2) is 5.71 Å². The Labute approximate surface area is 93.0 Å². The Kier molecular flexibility index (Phi) is 3.05. The third kappa shape index (κ3) is 1.98. The van der Waals surface area contributed by atoms with Crippen LogP contribution < -0.4 is 0 Å². The number of phenolic OH excluding ortho intramolecular Hbond substituents is 1. The molecule has 0 spiro atoms. The van der Waals surface area contributed by atoms with Crippen LogP contribution in [-0.2, 0) is 9.57 Å². The van der Waals surface area contributed by atoms with Crippen LogP contribution in [0.15, 0.2) is 34.4 Å². The van der Waals surface area contributed by atoms with Gasteiger partial charge in [0.1, 0.15) is 19.5 Å². The van der Waals surface area contributed by atoms with Crippen molar-refractivity contribution in [2.75, 3.05) is 20.3 Å². The van der Waals surface area contributed by atoms with Crippen LogP contribution in [0.4, 0.5) is 0 Å². The number of benzene rings is 1. The predicted octanol–water partition coefficient (Wildman–Crippen LogP) is 1.17. The molecule has 0 atom stereocenters. The van der Waals surface area contributed by atoms with Crippen molar-refractivity contribution in [2.24, 2.45) is 10.1 Å². The number of hydrogen-bond donors (Lipinski definition) is 1. The molecule has 1 heterocycles. The monoisotopic (exact) mass is 220 g/mol. The van der Waals surface area contributed by atoms with Gasteiger partial charge in [-0.25, -0.2) is 4.99 Å². The molecule has 1 aromatic carbocycles. The smallest absolute Gasteiger partial charge is 0.239 e. The van der Waals surface area contributed by atoms with Crippen LogP contribution in [0.3, 0.4) is 0 Å². The van der Waals surface area contributed by atoms with Gasteiger partial charge in [-0.1, -0.05) is 17.3 Å². The van der Waals surface area contributed by atoms with Gasteiger partial charge in [-0.3, -0.25) is 0 Å². The van der Waals surface area contributed by atoms with E-state index in [1.54, 1.807) is 24.3 Å². The van der Waals surface area contributed by atoms with E-state index < -0.39 is 0 Å². The maximum atomic E-state index is 9.72. The predicted molar refractivity (Wildman–Crippen MR) is 59.9 cm³/mol. The van der Waals surface area contributed by atoms with Crippen molar-refractivity contribution in [3.63, 3.8) is 0 Å². The van der Waals surface area contributed by atoms with Crippen LogP contribution >= 0.6 is 0 Å². The lowest BCUT2D eigenvalue weighted by Crippen LogP contribution is -2.16. The molecule has 5 nitrogen and oxygen atoms in total. The van der Waals surface area contributed by atoms with Gasteiger partial charge in [0, 0.05) is 0 Å². The molecule has 2 rings (SSSR count). The Hall–Kier alpha value is -2.04. The number of nitrogens with zero attached hydrogens (tertiary/aromatic N) is 2. The van der Waals surface area contributed by atoms with E-state index in [4.69, 9.17) is 9.57 Å². The molecule has 0 saturated carbocycles. The molecule has 0 amide bonds. The van der Waals surface area contributed by atoms with Crippen molar-refractivity contribution in [2.45, 2.75) is 0 Å². The van der Waals surface area contributed by atoms with Gasteiger partial charge < -0.3 is 14.7 Å². The molecule has 1 aliphatic heterocycles. The largest absolute Gasteiger partial charge is 0.507 e. The number of para-hydroxylation sites is 1. The molecule has 5 heteroatoms. The molecular formula is C11H12N2O3. The van der Waals surface area contributed by atoms with E-state index in [0.29, 0.717) is 30.3 Å². The lowest BCUT2D eigenvalue weighted by Gasteiger charge is -2.07. The Morgan fingerprint density at radius 3 is 2.94 bits per heavy atom. The quantitative estimate of drug-likeness (QED) is 0.614. The first kappa shape index (κ1) is 10.5. The van der Waals surface area contributed by atoms with Gasteiger partial charge in [-0.15, -0.1) is 0 Å². The zero-order valence-corrected chi connectivity index (χ0v) is 8.88. The topological polar surface area (TPSA) is 63.4 Å². The van der Waals surface area contributed by atoms with E-state index in [2.05, 4.69) is 10.1 Å². The van der Waals surface area contributed by atoms with Gasteiger partial charge >= 0.3 is 0 Å². The van der Waals surface area contributed by atoms with Crippen LogP contribution in [0.2, 0.25) is 0 Å². The molecule has 0 unspecified atom stereocenters. The molecule has 16 heavy (non-hydrogen) atoms. The summed E-state index contributed by atoms with van der Waals surface area (Å²) in [4.78, 5) is 8.89. The van der Waals surface area contributed by atoms with Gasteiger partial charge in [-0.2, -0.15) is 0 Å². The van der Waals surface area contributed by atoms with E-state index in [0.717, 1.165) is 0 Å². The molecule has 0 bridgehead atoms. The SMILES string of the molecule is CON=C(C1=NCCO1)c1ccccc1O. The fourth-order valence-electron chi connectivity index (χ4n) is 1.45. The number of phenols is 1. The summed E-state index contributed by atoms with van der Waals surface area (Å²) in [5, 5.41) is 13.6. The number of oxime groups is 1. The van der Waals surface area contributed by atoms with Crippen molar-refractivity contribution in [3.8, 4) is 5.75 Å². The Balaban J connectivity index is 2.41. The van der Waals surface area contributed by atoms with Crippen LogP contribution in [-0.4, -0.2) is 37.0 Å². The van der Waals surface area contributed by atoms with Crippen LogP contribution in [0.25, 0.3) is 0 Å². The second-order valence-corrected chi connectivity index (χ2v) is 3.17. The zero-order valence-electron chi connectivity index (χ0n) is 8.88. The minimum atomic E-state index is 0.122. The maximum Gasteiger partial charge on any atom is 0.239 e. The summed E-state index contributed by atoms with van der Waals surface area (Å²) >= 11 is 0. The second kappa shape index (κ2) is 4.65. The molecule has 84 valence electrons. The Morgan fingerprint density at radius 2 is 2.31 bits per heavy atom. The van der Waals surface area contributed by atoms with E-state index in [1.165, 1.54) is 7.11 Å². The summed E-state index contributed by atoms with van der Waals surface area (Å²) < 4.78 is 5.31. The van der Waals surface area contributed by atoms with Crippen LogP contribution in [0, 0.1) is 0 Å². The molecule has 0 fully saturated rings. The van der Waals surface area contributed by atoms with Crippen molar-refractivity contribution in [1.29, 1.82) is 0 Å². The minimum Gasteiger partial charge on any atom is -0.507 e. The highest BCUT2D eigenvalue weighted by molar-refractivity contribution is 6.46. The fourth-order valence-corrected chi connectivity index (χ4v) is 1.45. The van der Waals surface area contributed by atoms with Gasteiger partial charge in [0.05, 0.1) is 12.1 Å². The standard InChI is InChI=1S/C11H12N2O3/c1-15-13-10(11-12-6-7-16-11)8-4-2-3-5-9(8)14/h2-5,14H,6-7H2,1H3. The van der Waals surface area contributed by atoms with Crippen molar-refractivity contribution < 1.29 is 14.7 Å². The number of aliphatic imine (C=N–C) groups is 1. The summed E-state index contributed by atoms with van der Waals surface area (Å²) in [6.45, 7) is 1.14. The van der Waals surface area contributed by atoms with E-state index in [9.17, 15) is 5.11 Å². The first-order valence-corrected chi connectivity index (χ1v) is 4.90. The lowest BCUT2D eigenvalue weighted by atomic mass is 10.1. The summed E-state index contributed by atoms with van der Waals surface area (Å²) in [7, 11) is 1.44. The highest BCUT2D eigenvalue weighted by Gasteiger charge is 2.20. The lowest BCUT2D eigenvalue weighted by molar-refractivity contribution is 0.213. The van der Waals surface area contributed by atoms with Crippen LogP contribution in [0.5, 0.6) is 5.75 Å². The number of aromatic hydroxyl groups is 1. The molecule has 0 saturated heterocycles. The third-order valence-corrected chi connectivity index (χ3v) is 2.13. The summed E-state index contributed by atoms with van der Waals surface area (Å²) in [6.07, 6.45) is 0. The first-order valence-electron chi connectivity index (χ1n) is 4.90. The minimum absolute atomic E-state index is 0.122. The molecule has 1 aliphatic rings. The number of rotatable bonds is 3. The van der Waals surface area contributed by atoms with Gasteiger partial charge in [-0.05, 0) is 12.1 Å². The molecule has 0 aromatic heterocycles. The average Bonchev–Trinajstić information content (AvgIpc) is 2.80. The molecule has 0 radical (unpaired) electrons. The Morgan fingerprint density at radius 1 is 1.50 bits per heavy atom. The Bertz CT molecular complexity index is 441. The second-order valence-electron chi connectivity index (χ2n) is 3.17. The molecule has 0 aliphatic carbocycles. The van der Waals surface area contributed by atoms with E-state index in [1.807, 2.05) is 0 Å². The first-order chi connectivity index (χ1) is 7.83. The average molecular weight is 220 g/mol. The van der Waals surface area contributed by atoms with Gasteiger partial charge in [0.2, 0.25) is 5.90 Å². The molecule has 1 N–H and O–H groups in total. The summed E-state index contributed by atoms with van der Waals surface area (Å²) in [6, 6.07) is 6.85. The molecule has 1 aromatic rings. The highest BCUT2D eigenvalue weighted by Crippen LogP contribution is 2.18. The number of hydrogen-bond acceptors (Lipinski definition) is 5.